The van der Waals surface area contributed by atoms with Crippen molar-refractivity contribution in [2.75, 3.05) is 6.61 Å². The van der Waals surface area contributed by atoms with Crippen molar-refractivity contribution in [3.8, 4) is 5.75 Å². The third-order valence-electron chi connectivity index (χ3n) is 2.91. The molecule has 0 heterocycles. The lowest BCUT2D eigenvalue weighted by Crippen LogP contribution is -2.08. The number of benzene rings is 2. The highest BCUT2D eigenvalue weighted by atomic mass is 19.1. The molecule has 0 saturated carbocycles. The molecule has 2 rings (SSSR count). The van der Waals surface area contributed by atoms with Gasteiger partial charge in [0.25, 0.3) is 0 Å². The first-order valence-corrected chi connectivity index (χ1v) is 6.56. The van der Waals surface area contributed by atoms with Crippen LogP contribution in [0.1, 0.15) is 24.1 Å². The van der Waals surface area contributed by atoms with E-state index in [0.29, 0.717) is 17.9 Å². The predicted octanol–water partition coefficient (Wildman–Crippen LogP) is 3.94. The fourth-order valence-corrected chi connectivity index (χ4v) is 1.89. The summed E-state index contributed by atoms with van der Waals surface area (Å²) in [6.07, 6.45) is 3.90. The number of rotatable bonds is 5. The molecule has 0 aliphatic carbocycles. The van der Waals surface area contributed by atoms with Gasteiger partial charge in [0.05, 0.1) is 0 Å². The Balaban J connectivity index is 1.99. The molecule has 0 saturated heterocycles. The normalized spacial score (nSPS) is 12.6. The molecule has 1 atom stereocenters. The first kappa shape index (κ1) is 14.3. The van der Waals surface area contributed by atoms with E-state index in [9.17, 15) is 4.39 Å². The molecule has 0 fully saturated rings. The van der Waals surface area contributed by atoms with Gasteiger partial charge in [-0.25, -0.2) is 4.39 Å². The number of hydrogen-bond donors (Lipinski definition) is 1. The van der Waals surface area contributed by atoms with Crippen LogP contribution in [0.4, 0.5) is 4.39 Å². The second kappa shape index (κ2) is 6.87. The van der Waals surface area contributed by atoms with E-state index in [2.05, 4.69) is 0 Å². The molecule has 3 heteroatoms. The molecule has 2 N–H and O–H groups in total. The Bertz CT molecular complexity index is 579. The summed E-state index contributed by atoms with van der Waals surface area (Å²) in [5.41, 5.74) is 7.61. The quantitative estimate of drug-likeness (QED) is 0.894. The molecular formula is C17H18FNO. The maximum Gasteiger partial charge on any atom is 0.124 e. The average molecular weight is 271 g/mol. The van der Waals surface area contributed by atoms with Crippen LogP contribution in [0.3, 0.4) is 0 Å². The zero-order valence-electron chi connectivity index (χ0n) is 11.4. The number of nitrogens with two attached hydrogens (primary N) is 1. The fourth-order valence-electron chi connectivity index (χ4n) is 1.89. The van der Waals surface area contributed by atoms with E-state index in [-0.39, 0.29) is 11.9 Å². The summed E-state index contributed by atoms with van der Waals surface area (Å²) >= 11 is 0. The minimum atomic E-state index is -0.301. The van der Waals surface area contributed by atoms with Gasteiger partial charge in [0.15, 0.2) is 0 Å². The van der Waals surface area contributed by atoms with Gasteiger partial charge in [0.1, 0.15) is 18.2 Å². The van der Waals surface area contributed by atoms with Crippen LogP contribution in [-0.4, -0.2) is 6.61 Å². The minimum Gasteiger partial charge on any atom is -0.489 e. The minimum absolute atomic E-state index is 0.265. The molecule has 0 radical (unpaired) electrons. The Kier molecular flexibility index (Phi) is 4.91. The van der Waals surface area contributed by atoms with Crippen molar-refractivity contribution in [2.45, 2.75) is 13.0 Å². The van der Waals surface area contributed by atoms with Crippen molar-refractivity contribution < 1.29 is 9.13 Å². The summed E-state index contributed by atoms with van der Waals surface area (Å²) in [6, 6.07) is 14.1. The Hall–Kier alpha value is -2.13. The van der Waals surface area contributed by atoms with Crippen molar-refractivity contribution in [3.05, 3.63) is 71.6 Å². The van der Waals surface area contributed by atoms with Gasteiger partial charge in [-0.1, -0.05) is 36.4 Å². The van der Waals surface area contributed by atoms with Crippen molar-refractivity contribution in [1.29, 1.82) is 0 Å². The van der Waals surface area contributed by atoms with Crippen molar-refractivity contribution in [2.24, 2.45) is 5.73 Å². The Morgan fingerprint density at radius 3 is 2.65 bits per heavy atom. The highest BCUT2D eigenvalue weighted by Crippen LogP contribution is 2.24. The molecule has 2 aromatic carbocycles. The zero-order valence-corrected chi connectivity index (χ0v) is 11.4. The molecule has 104 valence electrons. The van der Waals surface area contributed by atoms with Crippen LogP contribution in [-0.2, 0) is 0 Å². The second-order valence-corrected chi connectivity index (χ2v) is 4.59. The molecule has 2 aromatic rings. The lowest BCUT2D eigenvalue weighted by atomic mass is 10.1. The summed E-state index contributed by atoms with van der Waals surface area (Å²) in [6.45, 7) is 2.22. The summed E-state index contributed by atoms with van der Waals surface area (Å²) in [5, 5.41) is 0. The van der Waals surface area contributed by atoms with Gasteiger partial charge in [-0.15, -0.1) is 0 Å². The van der Waals surface area contributed by atoms with Gasteiger partial charge < -0.3 is 10.5 Å². The molecule has 0 bridgehead atoms. The van der Waals surface area contributed by atoms with E-state index >= 15 is 0 Å². The molecule has 1 unspecified atom stereocenters. The van der Waals surface area contributed by atoms with E-state index in [1.54, 1.807) is 13.0 Å². The molecule has 0 aliphatic rings. The number of ether oxygens (including phenoxy) is 1. The molecule has 0 aliphatic heterocycles. The standard InChI is InChI=1S/C17H18FNO/c1-13(19)16-12-15(18)9-10-17(16)20-11-5-8-14-6-3-2-4-7-14/h2-10,12-13H,11,19H2,1H3/b8-5+. The fraction of sp³-hybridized carbons (Fsp3) is 0.176. The molecule has 2 nitrogen and oxygen atoms in total. The van der Waals surface area contributed by atoms with Crippen LogP contribution < -0.4 is 10.5 Å². The number of halogens is 1. The van der Waals surface area contributed by atoms with Gasteiger partial charge in [0, 0.05) is 11.6 Å². The maximum absolute atomic E-state index is 13.2. The van der Waals surface area contributed by atoms with Gasteiger partial charge in [0.2, 0.25) is 0 Å². The molecule has 0 amide bonds. The largest absolute Gasteiger partial charge is 0.489 e. The monoisotopic (exact) mass is 271 g/mol. The first-order valence-electron chi connectivity index (χ1n) is 6.56. The van der Waals surface area contributed by atoms with E-state index in [1.165, 1.54) is 12.1 Å². The van der Waals surface area contributed by atoms with Crippen LogP contribution in [0.2, 0.25) is 0 Å². The van der Waals surface area contributed by atoms with Gasteiger partial charge in [-0.2, -0.15) is 0 Å². The first-order chi connectivity index (χ1) is 9.66. The SMILES string of the molecule is CC(N)c1cc(F)ccc1OC/C=C/c1ccccc1. The highest BCUT2D eigenvalue weighted by molar-refractivity contribution is 5.48. The second-order valence-electron chi connectivity index (χ2n) is 4.59. The van der Waals surface area contributed by atoms with E-state index < -0.39 is 0 Å². The Labute approximate surface area is 118 Å². The summed E-state index contributed by atoms with van der Waals surface area (Å²) in [5.74, 6) is 0.323. The zero-order chi connectivity index (χ0) is 14.4. The van der Waals surface area contributed by atoms with Crippen LogP contribution in [0.25, 0.3) is 6.08 Å². The van der Waals surface area contributed by atoms with Crippen LogP contribution in [0, 0.1) is 5.82 Å². The van der Waals surface area contributed by atoms with Crippen molar-refractivity contribution in [3.63, 3.8) is 0 Å². The molecular weight excluding hydrogens is 253 g/mol. The third kappa shape index (κ3) is 3.93. The third-order valence-corrected chi connectivity index (χ3v) is 2.91. The van der Waals surface area contributed by atoms with Gasteiger partial charge in [-0.3, -0.25) is 0 Å². The molecule has 20 heavy (non-hydrogen) atoms. The van der Waals surface area contributed by atoms with Crippen molar-refractivity contribution in [1.82, 2.24) is 0 Å². The molecule has 0 spiro atoms. The highest BCUT2D eigenvalue weighted by Gasteiger charge is 2.08. The van der Waals surface area contributed by atoms with Gasteiger partial charge in [-0.05, 0) is 36.8 Å². The summed E-state index contributed by atoms with van der Waals surface area (Å²) < 4.78 is 18.8. The van der Waals surface area contributed by atoms with Gasteiger partial charge >= 0.3 is 0 Å². The van der Waals surface area contributed by atoms with Crippen LogP contribution in [0.15, 0.2) is 54.6 Å². The topological polar surface area (TPSA) is 35.2 Å². The predicted molar refractivity (Wildman–Crippen MR) is 80.0 cm³/mol. The van der Waals surface area contributed by atoms with E-state index in [1.807, 2.05) is 42.5 Å². The number of hydrogen-bond acceptors (Lipinski definition) is 2. The maximum atomic E-state index is 13.2. The van der Waals surface area contributed by atoms with E-state index in [0.717, 1.165) is 5.56 Å². The van der Waals surface area contributed by atoms with Crippen LogP contribution >= 0.6 is 0 Å². The smallest absolute Gasteiger partial charge is 0.124 e. The summed E-state index contributed by atoms with van der Waals surface area (Å²) in [4.78, 5) is 0. The Morgan fingerprint density at radius 2 is 1.95 bits per heavy atom. The average Bonchev–Trinajstić information content (AvgIpc) is 2.45. The lowest BCUT2D eigenvalue weighted by molar-refractivity contribution is 0.356. The van der Waals surface area contributed by atoms with E-state index in [4.69, 9.17) is 10.5 Å². The molecule has 0 aromatic heterocycles. The van der Waals surface area contributed by atoms with Crippen LogP contribution in [0.5, 0.6) is 5.75 Å². The Morgan fingerprint density at radius 1 is 1.20 bits per heavy atom. The van der Waals surface area contributed by atoms with Crippen molar-refractivity contribution >= 4 is 6.08 Å². The summed E-state index contributed by atoms with van der Waals surface area (Å²) in [7, 11) is 0. The lowest BCUT2D eigenvalue weighted by Gasteiger charge is -2.13.